The zero-order chi connectivity index (χ0) is 43.0. The van der Waals surface area contributed by atoms with Crippen LogP contribution in [0.1, 0.15) is 25.0 Å². The van der Waals surface area contributed by atoms with E-state index < -0.39 is 0 Å². The van der Waals surface area contributed by atoms with Crippen molar-refractivity contribution in [1.29, 1.82) is 0 Å². The molecule has 2 aliphatic rings. The quantitative estimate of drug-likeness (QED) is 0.155. The van der Waals surface area contributed by atoms with E-state index >= 15 is 0 Å². The number of hydrogen-bond donors (Lipinski definition) is 0. The molecule has 0 saturated heterocycles. The third-order valence-corrected chi connectivity index (χ3v) is 14.9. The molecule has 0 fully saturated rings. The van der Waals surface area contributed by atoms with E-state index in [2.05, 4.69) is 232 Å². The van der Waals surface area contributed by atoms with Crippen LogP contribution in [0.3, 0.4) is 0 Å². The first-order chi connectivity index (χ1) is 32.0. The van der Waals surface area contributed by atoms with Crippen LogP contribution in [-0.2, 0) is 5.41 Å². The van der Waals surface area contributed by atoms with E-state index in [1.807, 2.05) is 0 Å². The number of rotatable bonds is 4. The smallest absolute Gasteiger partial charge is 0.0171 e. The van der Waals surface area contributed by atoms with Crippen LogP contribution < -0.4 is 0 Å². The number of fused-ring (bicyclic) bond motifs is 14. The first kappa shape index (κ1) is 36.4. The lowest BCUT2D eigenvalue weighted by atomic mass is 9.77. The van der Waals surface area contributed by atoms with Crippen molar-refractivity contribution in [1.82, 2.24) is 0 Å². The average Bonchev–Trinajstić information content (AvgIpc) is 3.82. The molecular weight excluding hydrogens is 781 g/mol. The standard InChI is InChI=1S/C65H42/c1-65(2)63-46-33-31-42(38-44(46)32-34-56(63)60-50-25-11-9-23-47(50)48-24-10-14-28-53(48)64(60)65)41-21-15-22-43(37-41)45-35-36-55-59-49(45)29-16-30-54(59)61-57(39-17-5-3-6-18-39)51-26-12-13-27-52(51)58(62(55)61)40-19-7-4-8-20-40/h3-38H,1-2H3. The fourth-order valence-electron chi connectivity index (χ4n) is 12.3. The molecule has 0 N–H and O–H groups in total. The van der Waals surface area contributed by atoms with Crippen molar-refractivity contribution in [2.75, 3.05) is 0 Å². The van der Waals surface area contributed by atoms with Crippen molar-refractivity contribution in [2.45, 2.75) is 19.3 Å². The second-order valence-electron chi connectivity index (χ2n) is 18.6. The predicted octanol–water partition coefficient (Wildman–Crippen LogP) is 18.1. The van der Waals surface area contributed by atoms with Crippen LogP contribution in [0, 0.1) is 0 Å². The molecule has 0 nitrogen and oxygen atoms in total. The van der Waals surface area contributed by atoms with Gasteiger partial charge in [-0.05, 0) is 155 Å². The van der Waals surface area contributed by atoms with Crippen LogP contribution in [0.15, 0.2) is 218 Å². The Bertz CT molecular complexity index is 3910. The molecule has 0 bridgehead atoms. The molecule has 0 atom stereocenters. The number of hydrogen-bond acceptors (Lipinski definition) is 0. The van der Waals surface area contributed by atoms with Crippen LogP contribution in [0.25, 0.3) is 132 Å². The van der Waals surface area contributed by atoms with Gasteiger partial charge < -0.3 is 0 Å². The summed E-state index contributed by atoms with van der Waals surface area (Å²) in [6, 6.07) is 81.8. The second kappa shape index (κ2) is 13.5. The Labute approximate surface area is 378 Å². The van der Waals surface area contributed by atoms with E-state index in [9.17, 15) is 0 Å². The van der Waals surface area contributed by atoms with E-state index in [4.69, 9.17) is 0 Å². The van der Waals surface area contributed by atoms with E-state index in [0.29, 0.717) is 0 Å². The summed E-state index contributed by atoms with van der Waals surface area (Å²) < 4.78 is 0. The zero-order valence-electron chi connectivity index (χ0n) is 36.3. The van der Waals surface area contributed by atoms with Crippen LogP contribution in [0.5, 0.6) is 0 Å². The summed E-state index contributed by atoms with van der Waals surface area (Å²) in [5.41, 5.74) is 20.8. The topological polar surface area (TPSA) is 0 Å². The molecule has 0 unspecified atom stereocenters. The Morgan fingerprint density at radius 2 is 0.723 bits per heavy atom. The van der Waals surface area contributed by atoms with Gasteiger partial charge in [0.2, 0.25) is 0 Å². The van der Waals surface area contributed by atoms with Crippen molar-refractivity contribution in [3.05, 3.63) is 230 Å². The maximum atomic E-state index is 2.43. The van der Waals surface area contributed by atoms with E-state index in [-0.39, 0.29) is 5.41 Å². The van der Waals surface area contributed by atoms with Gasteiger partial charge in [0.05, 0.1) is 0 Å². The summed E-state index contributed by atoms with van der Waals surface area (Å²) in [5.74, 6) is 0. The van der Waals surface area contributed by atoms with Gasteiger partial charge in [-0.3, -0.25) is 0 Å². The molecule has 65 heavy (non-hydrogen) atoms. The Morgan fingerprint density at radius 3 is 1.40 bits per heavy atom. The van der Waals surface area contributed by atoms with Crippen molar-refractivity contribution in [2.24, 2.45) is 0 Å². The van der Waals surface area contributed by atoms with Gasteiger partial charge >= 0.3 is 0 Å². The average molecular weight is 823 g/mol. The fraction of sp³-hybridized carbons (Fsp3) is 0.0462. The summed E-state index contributed by atoms with van der Waals surface area (Å²) in [6.07, 6.45) is 0. The van der Waals surface area contributed by atoms with Crippen molar-refractivity contribution < 1.29 is 0 Å². The fourth-order valence-corrected chi connectivity index (χ4v) is 12.3. The lowest BCUT2D eigenvalue weighted by molar-refractivity contribution is 0.672. The third kappa shape index (κ3) is 5.03. The minimum atomic E-state index is -0.166. The summed E-state index contributed by atoms with van der Waals surface area (Å²) in [4.78, 5) is 0. The molecule has 0 amide bonds. The highest BCUT2D eigenvalue weighted by atomic mass is 14.4. The van der Waals surface area contributed by atoms with E-state index in [0.717, 1.165) is 0 Å². The van der Waals surface area contributed by atoms with Gasteiger partial charge in [-0.15, -0.1) is 0 Å². The lowest BCUT2D eigenvalue weighted by Crippen LogP contribution is -2.16. The Balaban J connectivity index is 0.929. The summed E-state index contributed by atoms with van der Waals surface area (Å²) >= 11 is 0. The highest BCUT2D eigenvalue weighted by molar-refractivity contribution is 6.29. The van der Waals surface area contributed by atoms with Crippen molar-refractivity contribution in [3.8, 4) is 77.9 Å². The second-order valence-corrected chi connectivity index (χ2v) is 18.6. The van der Waals surface area contributed by atoms with Gasteiger partial charge in [-0.2, -0.15) is 0 Å². The summed E-state index contributed by atoms with van der Waals surface area (Å²) in [7, 11) is 0. The van der Waals surface area contributed by atoms with Gasteiger partial charge in [-0.25, -0.2) is 0 Å². The minimum absolute atomic E-state index is 0.166. The van der Waals surface area contributed by atoms with Crippen LogP contribution >= 0.6 is 0 Å². The highest BCUT2D eigenvalue weighted by Crippen LogP contribution is 2.59. The largest absolute Gasteiger partial charge is 0.0622 e. The first-order valence-corrected chi connectivity index (χ1v) is 22.9. The molecule has 0 heterocycles. The lowest BCUT2D eigenvalue weighted by Gasteiger charge is -2.25. The van der Waals surface area contributed by atoms with Gasteiger partial charge in [0.15, 0.2) is 0 Å². The van der Waals surface area contributed by atoms with Gasteiger partial charge in [0, 0.05) is 5.41 Å². The monoisotopic (exact) mass is 822 g/mol. The molecule has 0 radical (unpaired) electrons. The molecule has 0 aromatic heterocycles. The Hall–Kier alpha value is -8.06. The normalized spacial score (nSPS) is 13.2. The minimum Gasteiger partial charge on any atom is -0.0622 e. The van der Waals surface area contributed by atoms with Gasteiger partial charge in [-0.1, -0.05) is 220 Å². The van der Waals surface area contributed by atoms with E-state index in [1.54, 1.807) is 0 Å². The SMILES string of the molecule is CC1(C)c2c(ccc3cc(-c4cccc(-c5ccc6c7c(cccc57)-c5c-6c(-c6ccccc6)c6ccccc6c5-c5ccccc5)c4)ccc23)-c2c1c1ccccc1c1ccccc21. The van der Waals surface area contributed by atoms with Crippen molar-refractivity contribution >= 4 is 53.9 Å². The van der Waals surface area contributed by atoms with Gasteiger partial charge in [0.1, 0.15) is 0 Å². The van der Waals surface area contributed by atoms with Crippen molar-refractivity contribution in [3.63, 3.8) is 0 Å². The molecular formula is C65H42. The maximum Gasteiger partial charge on any atom is 0.0171 e. The van der Waals surface area contributed by atoms with Crippen LogP contribution in [0.4, 0.5) is 0 Å². The number of benzene rings is 12. The molecule has 0 saturated carbocycles. The van der Waals surface area contributed by atoms with Crippen LogP contribution in [0.2, 0.25) is 0 Å². The Kier molecular flexibility index (Phi) is 7.55. The molecule has 0 heteroatoms. The molecule has 14 rings (SSSR count). The first-order valence-electron chi connectivity index (χ1n) is 22.9. The molecule has 0 spiro atoms. The predicted molar refractivity (Wildman–Crippen MR) is 278 cm³/mol. The summed E-state index contributed by atoms with van der Waals surface area (Å²) in [6.45, 7) is 4.86. The molecule has 302 valence electrons. The highest BCUT2D eigenvalue weighted by Gasteiger charge is 2.40. The zero-order valence-corrected chi connectivity index (χ0v) is 36.3. The summed E-state index contributed by atoms with van der Waals surface area (Å²) in [5, 5.41) is 13.2. The van der Waals surface area contributed by atoms with E-state index in [1.165, 1.54) is 143 Å². The van der Waals surface area contributed by atoms with Crippen LogP contribution in [-0.4, -0.2) is 0 Å². The Morgan fingerprint density at radius 1 is 0.246 bits per heavy atom. The third-order valence-electron chi connectivity index (χ3n) is 14.9. The molecule has 2 aliphatic carbocycles. The van der Waals surface area contributed by atoms with Gasteiger partial charge in [0.25, 0.3) is 0 Å². The molecule has 12 aromatic carbocycles. The molecule has 0 aliphatic heterocycles. The molecule has 12 aromatic rings. The maximum absolute atomic E-state index is 2.43.